The number of nitrogens with one attached hydrogen (secondary N) is 1. The highest BCUT2D eigenvalue weighted by molar-refractivity contribution is 7.99. The van der Waals surface area contributed by atoms with Gasteiger partial charge in [-0.1, -0.05) is 25.6 Å². The van der Waals surface area contributed by atoms with E-state index in [2.05, 4.69) is 5.32 Å². The first kappa shape index (κ1) is 13.8. The van der Waals surface area contributed by atoms with Crippen molar-refractivity contribution in [3.05, 3.63) is 0 Å². The molecule has 1 fully saturated rings. The molecule has 2 unspecified atom stereocenters. The summed E-state index contributed by atoms with van der Waals surface area (Å²) in [6.07, 6.45) is 2.88. The maximum absolute atomic E-state index is 11.8. The van der Waals surface area contributed by atoms with Gasteiger partial charge in [-0.2, -0.15) is 11.8 Å². The van der Waals surface area contributed by atoms with Crippen molar-refractivity contribution in [3.8, 4) is 0 Å². The van der Waals surface area contributed by atoms with E-state index >= 15 is 0 Å². The number of hydrogen-bond acceptors (Lipinski definition) is 3. The predicted octanol–water partition coefficient (Wildman–Crippen LogP) is 1.56. The van der Waals surface area contributed by atoms with E-state index in [0.29, 0.717) is 10.9 Å². The third-order valence-corrected chi connectivity index (χ3v) is 4.34. The summed E-state index contributed by atoms with van der Waals surface area (Å²) in [7, 11) is 0. The third kappa shape index (κ3) is 4.29. The van der Waals surface area contributed by atoms with Gasteiger partial charge in [-0.25, -0.2) is 0 Å². The fourth-order valence-electron chi connectivity index (χ4n) is 1.80. The predicted molar refractivity (Wildman–Crippen MR) is 73.6 cm³/mol. The number of carbonyl (C=O) groups excluding carboxylic acids is 1. The molecular formula is C11H20N2OS2. The molecule has 3 N–H and O–H groups in total. The van der Waals surface area contributed by atoms with E-state index in [4.69, 9.17) is 18.0 Å². The zero-order valence-electron chi connectivity index (χ0n) is 9.70. The van der Waals surface area contributed by atoms with Gasteiger partial charge in [0.05, 0.1) is 10.9 Å². The highest BCUT2D eigenvalue weighted by atomic mass is 32.2. The van der Waals surface area contributed by atoms with Crippen LogP contribution in [-0.4, -0.2) is 28.9 Å². The lowest BCUT2D eigenvalue weighted by atomic mass is 10.0. The summed E-state index contributed by atoms with van der Waals surface area (Å²) in [6, 6.07) is 0. The SMILES string of the molecule is CCCC(C(=O)NCC1CCSC1)C(N)=S. The van der Waals surface area contributed by atoms with Crippen molar-refractivity contribution in [2.45, 2.75) is 26.2 Å². The van der Waals surface area contributed by atoms with E-state index in [9.17, 15) is 4.79 Å². The number of nitrogens with two attached hydrogens (primary N) is 1. The molecule has 92 valence electrons. The molecule has 0 aromatic rings. The number of thioether (sulfide) groups is 1. The summed E-state index contributed by atoms with van der Waals surface area (Å²) < 4.78 is 0. The van der Waals surface area contributed by atoms with Crippen LogP contribution in [0, 0.1) is 11.8 Å². The zero-order valence-corrected chi connectivity index (χ0v) is 11.3. The van der Waals surface area contributed by atoms with Crippen molar-refractivity contribution in [2.75, 3.05) is 18.1 Å². The Morgan fingerprint density at radius 3 is 2.94 bits per heavy atom. The highest BCUT2D eigenvalue weighted by Crippen LogP contribution is 2.22. The van der Waals surface area contributed by atoms with Crippen LogP contribution < -0.4 is 11.1 Å². The summed E-state index contributed by atoms with van der Waals surface area (Å²) in [4.78, 5) is 12.2. The fraction of sp³-hybridized carbons (Fsp3) is 0.818. The van der Waals surface area contributed by atoms with Gasteiger partial charge in [0, 0.05) is 6.54 Å². The molecule has 0 aromatic heterocycles. The minimum absolute atomic E-state index is 0.00579. The monoisotopic (exact) mass is 260 g/mol. The van der Waals surface area contributed by atoms with Crippen LogP contribution >= 0.6 is 24.0 Å². The van der Waals surface area contributed by atoms with Gasteiger partial charge >= 0.3 is 0 Å². The second kappa shape index (κ2) is 7.12. The van der Waals surface area contributed by atoms with Crippen molar-refractivity contribution >= 4 is 34.9 Å². The molecule has 3 nitrogen and oxygen atoms in total. The zero-order chi connectivity index (χ0) is 12.0. The quantitative estimate of drug-likeness (QED) is 0.712. The van der Waals surface area contributed by atoms with Gasteiger partial charge in [-0.15, -0.1) is 0 Å². The minimum atomic E-state index is -0.283. The fourth-order valence-corrected chi connectivity index (χ4v) is 3.31. The van der Waals surface area contributed by atoms with Crippen molar-refractivity contribution in [2.24, 2.45) is 17.6 Å². The summed E-state index contributed by atoms with van der Waals surface area (Å²) >= 11 is 6.88. The molecule has 0 aromatic carbocycles. The van der Waals surface area contributed by atoms with Gasteiger partial charge in [-0.05, 0) is 30.3 Å². The van der Waals surface area contributed by atoms with Gasteiger partial charge in [0.25, 0.3) is 0 Å². The summed E-state index contributed by atoms with van der Waals surface area (Å²) in [5, 5.41) is 2.97. The van der Waals surface area contributed by atoms with E-state index in [-0.39, 0.29) is 11.8 Å². The Hall–Kier alpha value is -0.290. The molecule has 1 heterocycles. The number of amides is 1. The molecule has 1 rings (SSSR count). The molecule has 5 heteroatoms. The molecule has 0 saturated carbocycles. The highest BCUT2D eigenvalue weighted by Gasteiger charge is 2.22. The number of hydrogen-bond donors (Lipinski definition) is 2. The van der Waals surface area contributed by atoms with E-state index in [1.165, 1.54) is 12.2 Å². The van der Waals surface area contributed by atoms with Crippen LogP contribution in [0.1, 0.15) is 26.2 Å². The first-order valence-corrected chi connectivity index (χ1v) is 7.36. The van der Waals surface area contributed by atoms with Crippen molar-refractivity contribution < 1.29 is 4.79 Å². The molecule has 16 heavy (non-hydrogen) atoms. The Kier molecular flexibility index (Phi) is 6.13. The van der Waals surface area contributed by atoms with Crippen molar-refractivity contribution in [1.82, 2.24) is 5.32 Å². The summed E-state index contributed by atoms with van der Waals surface area (Å²) in [5.41, 5.74) is 5.57. The van der Waals surface area contributed by atoms with Gasteiger partial charge in [0.15, 0.2) is 0 Å². The number of thiocarbonyl (C=S) groups is 1. The topological polar surface area (TPSA) is 55.1 Å². The van der Waals surface area contributed by atoms with Gasteiger partial charge in [0.2, 0.25) is 5.91 Å². The second-order valence-corrected chi connectivity index (χ2v) is 5.84. The van der Waals surface area contributed by atoms with Gasteiger partial charge in [-0.3, -0.25) is 4.79 Å². The van der Waals surface area contributed by atoms with Gasteiger partial charge in [0.1, 0.15) is 0 Å². The normalized spacial score (nSPS) is 21.7. The molecule has 2 atom stereocenters. The van der Waals surface area contributed by atoms with E-state index < -0.39 is 0 Å². The lowest BCUT2D eigenvalue weighted by Gasteiger charge is -2.16. The number of rotatable bonds is 6. The lowest BCUT2D eigenvalue weighted by Crippen LogP contribution is -2.39. The standard InChI is InChI=1S/C11H20N2OS2/c1-2-3-9(10(12)15)11(14)13-6-8-4-5-16-7-8/h8-9H,2-7H2,1H3,(H2,12,15)(H,13,14). The van der Waals surface area contributed by atoms with E-state index in [1.54, 1.807) is 0 Å². The van der Waals surface area contributed by atoms with Crippen LogP contribution in [0.15, 0.2) is 0 Å². The van der Waals surface area contributed by atoms with Crippen LogP contribution in [0.25, 0.3) is 0 Å². The van der Waals surface area contributed by atoms with Crippen LogP contribution in [0.2, 0.25) is 0 Å². The molecule has 1 aliphatic heterocycles. The van der Waals surface area contributed by atoms with Gasteiger partial charge < -0.3 is 11.1 Å². The summed E-state index contributed by atoms with van der Waals surface area (Å²) in [5.74, 6) is 2.72. The molecule has 0 spiro atoms. The maximum atomic E-state index is 11.8. The van der Waals surface area contributed by atoms with E-state index in [1.807, 2.05) is 18.7 Å². The van der Waals surface area contributed by atoms with Crippen LogP contribution in [0.3, 0.4) is 0 Å². The Morgan fingerprint density at radius 2 is 2.44 bits per heavy atom. The molecule has 1 saturated heterocycles. The minimum Gasteiger partial charge on any atom is -0.393 e. The number of carbonyl (C=O) groups is 1. The molecule has 1 amide bonds. The van der Waals surface area contributed by atoms with Crippen LogP contribution in [-0.2, 0) is 4.79 Å². The Labute approximate surface area is 107 Å². The maximum Gasteiger partial charge on any atom is 0.229 e. The average molecular weight is 260 g/mol. The van der Waals surface area contributed by atoms with Crippen molar-refractivity contribution in [3.63, 3.8) is 0 Å². The first-order valence-electron chi connectivity index (χ1n) is 5.80. The average Bonchev–Trinajstić information content (AvgIpc) is 2.75. The molecule has 0 bridgehead atoms. The summed E-state index contributed by atoms with van der Waals surface area (Å²) in [6.45, 7) is 2.81. The molecule has 0 aliphatic carbocycles. The second-order valence-electron chi connectivity index (χ2n) is 4.22. The Bertz CT molecular complexity index is 252. The van der Waals surface area contributed by atoms with Crippen LogP contribution in [0.5, 0.6) is 0 Å². The largest absolute Gasteiger partial charge is 0.393 e. The molecule has 1 aliphatic rings. The smallest absolute Gasteiger partial charge is 0.229 e. The lowest BCUT2D eigenvalue weighted by molar-refractivity contribution is -0.123. The van der Waals surface area contributed by atoms with Crippen LogP contribution in [0.4, 0.5) is 0 Å². The third-order valence-electron chi connectivity index (χ3n) is 2.83. The molecule has 0 radical (unpaired) electrons. The Morgan fingerprint density at radius 1 is 1.69 bits per heavy atom. The Balaban J connectivity index is 2.33. The first-order chi connectivity index (χ1) is 7.65. The molecular weight excluding hydrogens is 240 g/mol. The van der Waals surface area contributed by atoms with E-state index in [0.717, 1.165) is 25.1 Å². The van der Waals surface area contributed by atoms with Crippen molar-refractivity contribution in [1.29, 1.82) is 0 Å².